The van der Waals surface area contributed by atoms with Gasteiger partial charge >= 0.3 is 0 Å². The summed E-state index contributed by atoms with van der Waals surface area (Å²) in [6.07, 6.45) is 0. The zero-order valence-electron chi connectivity index (χ0n) is 13.0. The molecule has 4 nitrogen and oxygen atoms in total. The first-order valence-electron chi connectivity index (χ1n) is 7.37. The Hall–Kier alpha value is -2.33. The number of carbonyl (C=O) groups excluding carboxylic acids is 2. The number of fused-ring (bicyclic) bond motifs is 1. The van der Waals surface area contributed by atoms with Crippen LogP contribution in [0.5, 0.6) is 0 Å². The van der Waals surface area contributed by atoms with Crippen molar-refractivity contribution in [2.45, 2.75) is 25.9 Å². The van der Waals surface area contributed by atoms with E-state index in [0.29, 0.717) is 16.3 Å². The number of carbonyl (C=O) groups is 2. The minimum Gasteiger partial charge on any atom is -0.371 e. The molecule has 0 radical (unpaired) electrons. The van der Waals surface area contributed by atoms with Crippen LogP contribution >= 0.6 is 11.6 Å². The Morgan fingerprint density at radius 2 is 1.70 bits per heavy atom. The molecule has 118 valence electrons. The molecule has 5 heteroatoms. The van der Waals surface area contributed by atoms with Crippen molar-refractivity contribution in [2.75, 3.05) is 5.32 Å². The normalized spacial score (nSPS) is 16.6. The molecule has 0 atom stereocenters. The van der Waals surface area contributed by atoms with Gasteiger partial charge in [0.15, 0.2) is 0 Å². The topological polar surface area (TPSA) is 49.4 Å². The lowest BCUT2D eigenvalue weighted by molar-refractivity contribution is -0.132. The van der Waals surface area contributed by atoms with Gasteiger partial charge in [-0.25, -0.2) is 0 Å². The number of halogens is 1. The Labute approximate surface area is 140 Å². The summed E-state index contributed by atoms with van der Waals surface area (Å²) in [6.45, 7) is 3.69. The van der Waals surface area contributed by atoms with Crippen molar-refractivity contribution in [3.63, 3.8) is 0 Å². The van der Waals surface area contributed by atoms with Crippen LogP contribution in [-0.2, 0) is 11.3 Å². The molecule has 0 aromatic heterocycles. The molecule has 0 fully saturated rings. The zero-order valence-corrected chi connectivity index (χ0v) is 13.7. The molecule has 0 aliphatic carbocycles. The maximum Gasteiger partial charge on any atom is 0.262 e. The van der Waals surface area contributed by atoms with Crippen LogP contribution in [0.15, 0.2) is 48.5 Å². The molecule has 1 aliphatic rings. The first-order valence-corrected chi connectivity index (χ1v) is 7.75. The molecule has 0 unspecified atom stereocenters. The number of nitrogens with zero attached hydrogens (tertiary/aromatic N) is 1. The predicted molar refractivity (Wildman–Crippen MR) is 90.5 cm³/mol. The molecule has 1 aliphatic heterocycles. The van der Waals surface area contributed by atoms with Crippen LogP contribution in [0.3, 0.4) is 0 Å². The van der Waals surface area contributed by atoms with Gasteiger partial charge in [0.05, 0.1) is 12.1 Å². The lowest BCUT2D eigenvalue weighted by atomic mass is 10.0. The van der Waals surface area contributed by atoms with Gasteiger partial charge in [-0.05, 0) is 37.6 Å². The first-order chi connectivity index (χ1) is 10.9. The summed E-state index contributed by atoms with van der Waals surface area (Å²) in [5.74, 6) is -0.595. The Bertz CT molecular complexity index is 786. The van der Waals surface area contributed by atoms with E-state index in [1.54, 1.807) is 38.1 Å². The molecule has 2 aromatic carbocycles. The molecule has 3 rings (SSSR count). The fourth-order valence-electron chi connectivity index (χ4n) is 2.68. The Kier molecular flexibility index (Phi) is 3.86. The highest BCUT2D eigenvalue weighted by Gasteiger charge is 2.40. The number of rotatable bonds is 2. The smallest absolute Gasteiger partial charge is 0.262 e. The average Bonchev–Trinajstić information content (AvgIpc) is 2.59. The van der Waals surface area contributed by atoms with E-state index in [-0.39, 0.29) is 18.4 Å². The van der Waals surface area contributed by atoms with Crippen molar-refractivity contribution in [3.05, 3.63) is 64.7 Å². The Morgan fingerprint density at radius 1 is 1.04 bits per heavy atom. The van der Waals surface area contributed by atoms with Crippen molar-refractivity contribution >= 4 is 29.1 Å². The Balaban J connectivity index is 2.06. The summed E-state index contributed by atoms with van der Waals surface area (Å²) >= 11 is 6.19. The highest BCUT2D eigenvalue weighted by atomic mass is 35.5. The van der Waals surface area contributed by atoms with Gasteiger partial charge in [-0.15, -0.1) is 0 Å². The molecule has 0 saturated heterocycles. The first kappa shape index (κ1) is 15.6. The number of hydrogen-bond donors (Lipinski definition) is 1. The van der Waals surface area contributed by atoms with Gasteiger partial charge < -0.3 is 5.32 Å². The molecule has 0 saturated carbocycles. The van der Waals surface area contributed by atoms with Crippen LogP contribution in [0, 0.1) is 0 Å². The molecule has 23 heavy (non-hydrogen) atoms. The molecule has 1 heterocycles. The second kappa shape index (κ2) is 5.70. The molecule has 0 bridgehead atoms. The van der Waals surface area contributed by atoms with E-state index in [2.05, 4.69) is 5.32 Å². The molecule has 2 amide bonds. The summed E-state index contributed by atoms with van der Waals surface area (Å²) in [7, 11) is 0. The van der Waals surface area contributed by atoms with Crippen LogP contribution in [0.25, 0.3) is 0 Å². The Morgan fingerprint density at radius 3 is 2.43 bits per heavy atom. The molecule has 1 N–H and O–H groups in total. The minimum absolute atomic E-state index is 0.150. The van der Waals surface area contributed by atoms with E-state index in [9.17, 15) is 9.59 Å². The third kappa shape index (κ3) is 2.82. The van der Waals surface area contributed by atoms with Gasteiger partial charge in [-0.1, -0.05) is 41.9 Å². The number of para-hydroxylation sites is 1. The highest BCUT2D eigenvalue weighted by molar-refractivity contribution is 6.31. The van der Waals surface area contributed by atoms with Gasteiger partial charge in [0, 0.05) is 10.7 Å². The number of hydrogen-bond acceptors (Lipinski definition) is 3. The van der Waals surface area contributed by atoms with Crippen LogP contribution in [0.4, 0.5) is 5.69 Å². The molecular formula is C18H17ClN2O2. The van der Waals surface area contributed by atoms with Crippen molar-refractivity contribution in [2.24, 2.45) is 0 Å². The number of nitrogens with one attached hydrogen (secondary N) is 1. The number of imide groups is 1. The van der Waals surface area contributed by atoms with Crippen LogP contribution < -0.4 is 5.32 Å². The van der Waals surface area contributed by atoms with E-state index in [4.69, 9.17) is 11.6 Å². The lowest BCUT2D eigenvalue weighted by Crippen LogP contribution is -2.49. The fraction of sp³-hybridized carbons (Fsp3) is 0.222. The summed E-state index contributed by atoms with van der Waals surface area (Å²) < 4.78 is 0. The third-order valence-electron chi connectivity index (χ3n) is 3.92. The largest absolute Gasteiger partial charge is 0.371 e. The summed E-state index contributed by atoms with van der Waals surface area (Å²) in [4.78, 5) is 27.0. The minimum atomic E-state index is -0.885. The highest BCUT2D eigenvalue weighted by Crippen LogP contribution is 2.29. The van der Waals surface area contributed by atoms with E-state index in [0.717, 1.165) is 5.56 Å². The van der Waals surface area contributed by atoms with E-state index < -0.39 is 5.54 Å². The SMILES string of the molecule is CC1(C)Nc2ccccc2C(=O)N(Cc2ccccc2Cl)C1=O. The van der Waals surface area contributed by atoms with Crippen molar-refractivity contribution < 1.29 is 9.59 Å². The zero-order chi connectivity index (χ0) is 16.6. The quantitative estimate of drug-likeness (QED) is 0.855. The summed E-state index contributed by atoms with van der Waals surface area (Å²) in [6, 6.07) is 14.4. The predicted octanol–water partition coefficient (Wildman–Crippen LogP) is 3.71. The van der Waals surface area contributed by atoms with Crippen LogP contribution in [0.1, 0.15) is 29.8 Å². The van der Waals surface area contributed by atoms with E-state index >= 15 is 0 Å². The molecular weight excluding hydrogens is 312 g/mol. The summed E-state index contributed by atoms with van der Waals surface area (Å²) in [5, 5.41) is 3.70. The van der Waals surface area contributed by atoms with Crippen LogP contribution in [0.2, 0.25) is 5.02 Å². The molecule has 0 spiro atoms. The van der Waals surface area contributed by atoms with Crippen molar-refractivity contribution in [1.82, 2.24) is 4.90 Å². The van der Waals surface area contributed by atoms with Crippen molar-refractivity contribution in [1.29, 1.82) is 0 Å². The van der Waals surface area contributed by atoms with Gasteiger partial charge in [0.2, 0.25) is 0 Å². The van der Waals surface area contributed by atoms with Gasteiger partial charge in [-0.3, -0.25) is 14.5 Å². The third-order valence-corrected chi connectivity index (χ3v) is 4.28. The fourth-order valence-corrected chi connectivity index (χ4v) is 2.88. The number of benzene rings is 2. The summed E-state index contributed by atoms with van der Waals surface area (Å²) in [5.41, 5.74) is 1.01. The van der Waals surface area contributed by atoms with Crippen molar-refractivity contribution in [3.8, 4) is 0 Å². The second-order valence-electron chi connectivity index (χ2n) is 6.08. The van der Waals surface area contributed by atoms with Gasteiger partial charge in [0.1, 0.15) is 5.54 Å². The standard InChI is InChI=1S/C18H17ClN2O2/c1-18(2)17(23)21(11-12-7-3-5-9-14(12)19)16(22)13-8-4-6-10-15(13)20-18/h3-10,20H,11H2,1-2H3. The lowest BCUT2D eigenvalue weighted by Gasteiger charge is -2.28. The van der Waals surface area contributed by atoms with E-state index in [1.165, 1.54) is 4.90 Å². The van der Waals surface area contributed by atoms with E-state index in [1.807, 2.05) is 24.3 Å². The number of amides is 2. The van der Waals surface area contributed by atoms with Gasteiger partial charge in [0.25, 0.3) is 11.8 Å². The van der Waals surface area contributed by atoms with Crippen LogP contribution in [-0.4, -0.2) is 22.3 Å². The van der Waals surface area contributed by atoms with Gasteiger partial charge in [-0.2, -0.15) is 0 Å². The maximum absolute atomic E-state index is 12.9. The second-order valence-corrected chi connectivity index (χ2v) is 6.49. The maximum atomic E-state index is 12.9. The number of anilines is 1. The monoisotopic (exact) mass is 328 g/mol. The average molecular weight is 329 g/mol. The molecule has 2 aromatic rings.